The number of carbonyl (C=O) groups is 1. The molecule has 1 aromatic carbocycles. The Balaban J connectivity index is 1.75. The van der Waals surface area contributed by atoms with E-state index in [1.807, 2.05) is 50.3 Å². The number of pyridine rings is 1. The van der Waals surface area contributed by atoms with Gasteiger partial charge in [0.15, 0.2) is 0 Å². The van der Waals surface area contributed by atoms with Crippen LogP contribution in [-0.4, -0.2) is 39.3 Å². The topological polar surface area (TPSA) is 69.3 Å². The number of nitriles is 1. The lowest BCUT2D eigenvalue weighted by Crippen LogP contribution is -2.39. The molecular weight excluding hydrogens is 488 g/mol. The van der Waals surface area contributed by atoms with Crippen molar-refractivity contribution in [1.29, 1.82) is 5.26 Å². The van der Waals surface area contributed by atoms with Gasteiger partial charge in [-0.05, 0) is 55.7 Å². The van der Waals surface area contributed by atoms with Crippen LogP contribution >= 0.6 is 24.0 Å². The number of hydrogen-bond donors (Lipinski definition) is 0. The minimum Gasteiger partial charge on any atom is -0.357 e. The fraction of sp³-hybridized carbons (Fsp3) is 0.429. The highest BCUT2D eigenvalue weighted by Crippen LogP contribution is 2.36. The summed E-state index contributed by atoms with van der Waals surface area (Å²) in [6, 6.07) is 12.2. The van der Waals surface area contributed by atoms with Crippen LogP contribution in [-0.2, 0) is 17.8 Å². The second-order valence-electron chi connectivity index (χ2n) is 9.54. The van der Waals surface area contributed by atoms with Gasteiger partial charge in [-0.25, -0.2) is 0 Å². The SMILES string of the molecule is CCCn1c(N2CCC(C)CC2)c(/C=C2/SC(=S)N(CCc3ccccc3)C2=O)c(C)c(C#N)c1=O. The van der Waals surface area contributed by atoms with Crippen LogP contribution in [0.3, 0.4) is 0 Å². The molecule has 8 heteroatoms. The van der Waals surface area contributed by atoms with Gasteiger partial charge in [-0.15, -0.1) is 0 Å². The highest BCUT2D eigenvalue weighted by Gasteiger charge is 2.33. The van der Waals surface area contributed by atoms with E-state index in [0.29, 0.717) is 33.8 Å². The molecule has 2 saturated heterocycles. The van der Waals surface area contributed by atoms with Gasteiger partial charge in [0.2, 0.25) is 0 Å². The molecule has 2 aliphatic heterocycles. The molecule has 2 aromatic rings. The van der Waals surface area contributed by atoms with Crippen LogP contribution in [0.1, 0.15) is 55.4 Å². The maximum Gasteiger partial charge on any atom is 0.270 e. The monoisotopic (exact) mass is 520 g/mol. The third-order valence-electron chi connectivity index (χ3n) is 6.99. The molecule has 36 heavy (non-hydrogen) atoms. The molecule has 0 bridgehead atoms. The lowest BCUT2D eigenvalue weighted by Gasteiger charge is -2.35. The van der Waals surface area contributed by atoms with Gasteiger partial charge in [0.1, 0.15) is 21.8 Å². The number of hydrogen-bond acceptors (Lipinski definition) is 6. The number of anilines is 1. The summed E-state index contributed by atoms with van der Waals surface area (Å²) in [6.45, 7) is 8.81. The van der Waals surface area contributed by atoms with Gasteiger partial charge >= 0.3 is 0 Å². The lowest BCUT2D eigenvalue weighted by molar-refractivity contribution is -0.122. The summed E-state index contributed by atoms with van der Waals surface area (Å²) < 4.78 is 2.28. The van der Waals surface area contributed by atoms with Crippen molar-refractivity contribution in [2.45, 2.75) is 53.0 Å². The third-order valence-corrected chi connectivity index (χ3v) is 8.37. The molecule has 1 aromatic heterocycles. The Morgan fingerprint density at radius 2 is 1.86 bits per heavy atom. The molecule has 0 saturated carbocycles. The molecule has 0 N–H and O–H groups in total. The van der Waals surface area contributed by atoms with Gasteiger partial charge in [-0.2, -0.15) is 5.26 Å². The van der Waals surface area contributed by atoms with Gasteiger partial charge < -0.3 is 4.90 Å². The first kappa shape index (κ1) is 26.2. The van der Waals surface area contributed by atoms with E-state index < -0.39 is 0 Å². The van der Waals surface area contributed by atoms with Gasteiger partial charge in [-0.1, -0.05) is 68.2 Å². The largest absolute Gasteiger partial charge is 0.357 e. The van der Waals surface area contributed by atoms with Crippen LogP contribution in [0.25, 0.3) is 6.08 Å². The van der Waals surface area contributed by atoms with Crippen molar-refractivity contribution < 1.29 is 4.79 Å². The Hall–Kier alpha value is -2.89. The van der Waals surface area contributed by atoms with Crippen LogP contribution < -0.4 is 10.5 Å². The van der Waals surface area contributed by atoms with E-state index in [1.54, 1.807) is 9.47 Å². The quantitative estimate of drug-likeness (QED) is 0.373. The zero-order valence-corrected chi connectivity index (χ0v) is 22.8. The number of thiocarbonyl (C=S) groups is 1. The van der Waals surface area contributed by atoms with E-state index in [-0.39, 0.29) is 17.0 Å². The summed E-state index contributed by atoms with van der Waals surface area (Å²) in [7, 11) is 0. The van der Waals surface area contributed by atoms with Crippen molar-refractivity contribution >= 4 is 46.1 Å². The number of benzene rings is 1. The van der Waals surface area contributed by atoms with Crippen LogP contribution in [0.15, 0.2) is 40.0 Å². The van der Waals surface area contributed by atoms with E-state index in [2.05, 4.69) is 17.9 Å². The normalized spacial score (nSPS) is 17.8. The minimum absolute atomic E-state index is 0.120. The number of nitrogens with zero attached hydrogens (tertiary/aromatic N) is 4. The molecule has 4 rings (SSSR count). The number of aromatic nitrogens is 1. The van der Waals surface area contributed by atoms with Gasteiger partial charge in [-0.3, -0.25) is 19.1 Å². The average molecular weight is 521 g/mol. The molecule has 0 atom stereocenters. The molecule has 2 fully saturated rings. The molecule has 0 aliphatic carbocycles. The first-order valence-electron chi connectivity index (χ1n) is 12.6. The molecule has 0 unspecified atom stereocenters. The Morgan fingerprint density at radius 3 is 2.50 bits per heavy atom. The predicted molar refractivity (Wildman–Crippen MR) is 151 cm³/mol. The summed E-state index contributed by atoms with van der Waals surface area (Å²) in [4.78, 5) is 31.2. The standard InChI is InChI=1S/C28H32N4O2S2/c1-4-13-31-25(30-14-10-19(2)11-15-30)22(20(3)23(18-29)26(31)33)17-24-27(34)32(28(35)36-24)16-12-21-8-6-5-7-9-21/h5-9,17,19H,4,10-16H2,1-3H3/b24-17+. The zero-order valence-electron chi connectivity index (χ0n) is 21.1. The fourth-order valence-corrected chi connectivity index (χ4v) is 6.14. The number of carbonyl (C=O) groups excluding carboxylic acids is 1. The number of amides is 1. The minimum atomic E-state index is -0.252. The van der Waals surface area contributed by atoms with Crippen molar-refractivity contribution in [3.05, 3.63) is 67.8 Å². The molecule has 188 valence electrons. The summed E-state index contributed by atoms with van der Waals surface area (Å²) >= 11 is 6.87. The maximum atomic E-state index is 13.4. The molecule has 6 nitrogen and oxygen atoms in total. The molecule has 2 aliphatic rings. The number of rotatable bonds is 7. The summed E-state index contributed by atoms with van der Waals surface area (Å²) in [5, 5.41) is 9.83. The van der Waals surface area contributed by atoms with Crippen molar-refractivity contribution in [2.75, 3.05) is 24.5 Å². The summed E-state index contributed by atoms with van der Waals surface area (Å²) in [5.41, 5.74) is 2.44. The highest BCUT2D eigenvalue weighted by atomic mass is 32.2. The van der Waals surface area contributed by atoms with E-state index in [0.717, 1.165) is 55.7 Å². The Morgan fingerprint density at radius 1 is 1.17 bits per heavy atom. The number of thioether (sulfide) groups is 1. The van der Waals surface area contributed by atoms with Gasteiger partial charge in [0, 0.05) is 31.7 Å². The second-order valence-corrected chi connectivity index (χ2v) is 11.2. The molecular formula is C28H32N4O2S2. The summed E-state index contributed by atoms with van der Waals surface area (Å²) in [6.07, 6.45) is 5.43. The lowest BCUT2D eigenvalue weighted by atomic mass is 9.97. The zero-order chi connectivity index (χ0) is 25.8. The highest BCUT2D eigenvalue weighted by molar-refractivity contribution is 8.26. The van der Waals surface area contributed by atoms with E-state index >= 15 is 0 Å². The Labute approximate surface area is 222 Å². The Bertz CT molecular complexity index is 1290. The summed E-state index contributed by atoms with van der Waals surface area (Å²) in [5.74, 6) is 1.33. The predicted octanol–water partition coefficient (Wildman–Crippen LogP) is 5.12. The molecule has 0 spiro atoms. The third kappa shape index (κ3) is 5.28. The van der Waals surface area contributed by atoms with E-state index in [1.165, 1.54) is 11.8 Å². The second kappa shape index (κ2) is 11.4. The van der Waals surface area contributed by atoms with Crippen LogP contribution in [0, 0.1) is 24.2 Å². The van der Waals surface area contributed by atoms with Crippen LogP contribution in [0.4, 0.5) is 5.82 Å². The molecule has 3 heterocycles. The van der Waals surface area contributed by atoms with Gasteiger partial charge in [0.05, 0.1) is 4.91 Å². The fourth-order valence-electron chi connectivity index (χ4n) is 4.85. The van der Waals surface area contributed by atoms with Crippen molar-refractivity contribution in [2.24, 2.45) is 5.92 Å². The maximum absolute atomic E-state index is 13.4. The number of piperidine rings is 1. The van der Waals surface area contributed by atoms with Crippen molar-refractivity contribution in [3.63, 3.8) is 0 Å². The van der Waals surface area contributed by atoms with E-state index in [4.69, 9.17) is 12.2 Å². The average Bonchev–Trinajstić information content (AvgIpc) is 3.14. The first-order valence-corrected chi connectivity index (χ1v) is 13.8. The van der Waals surface area contributed by atoms with Gasteiger partial charge in [0.25, 0.3) is 11.5 Å². The van der Waals surface area contributed by atoms with Crippen LogP contribution in [0.2, 0.25) is 0 Å². The van der Waals surface area contributed by atoms with Crippen molar-refractivity contribution in [3.8, 4) is 6.07 Å². The Kier molecular flexibility index (Phi) is 8.32. The van der Waals surface area contributed by atoms with Crippen molar-refractivity contribution in [1.82, 2.24) is 9.47 Å². The smallest absolute Gasteiger partial charge is 0.270 e. The first-order chi connectivity index (χ1) is 17.3. The van der Waals surface area contributed by atoms with E-state index in [9.17, 15) is 14.9 Å². The van der Waals surface area contributed by atoms with Crippen LogP contribution in [0.5, 0.6) is 0 Å². The molecule has 1 amide bonds. The molecule has 0 radical (unpaired) electrons.